The Bertz CT molecular complexity index is 140. The van der Waals surface area contributed by atoms with Gasteiger partial charge in [-0.15, -0.1) is 0 Å². The van der Waals surface area contributed by atoms with Crippen molar-refractivity contribution in [2.45, 2.75) is 34.1 Å². The summed E-state index contributed by atoms with van der Waals surface area (Å²) in [5.41, 5.74) is 6.22. The first-order valence-electron chi connectivity index (χ1n) is 4.75. The first-order valence-corrected chi connectivity index (χ1v) is 4.75. The van der Waals surface area contributed by atoms with Crippen molar-refractivity contribution in [1.82, 2.24) is 0 Å². The summed E-state index contributed by atoms with van der Waals surface area (Å²) < 4.78 is 0. The number of hydrogen-bond donors (Lipinski definition) is 1. The van der Waals surface area contributed by atoms with Crippen LogP contribution < -0.4 is 5.73 Å². The lowest BCUT2D eigenvalue weighted by Crippen LogP contribution is -2.06. The Balaban J connectivity index is 2.51. The Hall–Kier alpha value is -0.0400. The number of nitrogens with two attached hydrogens (primary N) is 1. The minimum Gasteiger partial charge on any atom is -0.330 e. The maximum Gasteiger partial charge on any atom is -0.00407 e. The van der Waals surface area contributed by atoms with Crippen LogP contribution in [-0.4, -0.2) is 6.54 Å². The molecule has 66 valence electrons. The molecule has 0 saturated heterocycles. The summed E-state index contributed by atoms with van der Waals surface area (Å²) in [5, 5.41) is 0. The van der Waals surface area contributed by atoms with Crippen LogP contribution in [0.4, 0.5) is 0 Å². The molecule has 1 rings (SSSR count). The van der Waals surface area contributed by atoms with Crippen LogP contribution in [0.2, 0.25) is 0 Å². The lowest BCUT2D eigenvalue weighted by molar-refractivity contribution is 0.411. The van der Waals surface area contributed by atoms with Crippen molar-refractivity contribution in [2.75, 3.05) is 6.54 Å². The van der Waals surface area contributed by atoms with Gasteiger partial charge in [0.25, 0.3) is 0 Å². The van der Waals surface area contributed by atoms with Crippen molar-refractivity contribution in [2.24, 2.45) is 28.9 Å². The van der Waals surface area contributed by atoms with Crippen LogP contribution in [-0.2, 0) is 0 Å². The van der Waals surface area contributed by atoms with Crippen molar-refractivity contribution in [3.8, 4) is 0 Å². The van der Waals surface area contributed by atoms with Gasteiger partial charge in [0, 0.05) is 0 Å². The maximum absolute atomic E-state index is 5.69. The molecule has 0 aromatic carbocycles. The van der Waals surface area contributed by atoms with E-state index in [0.29, 0.717) is 5.41 Å². The van der Waals surface area contributed by atoms with E-state index >= 15 is 0 Å². The zero-order valence-corrected chi connectivity index (χ0v) is 8.22. The molecule has 0 heterocycles. The largest absolute Gasteiger partial charge is 0.330 e. The van der Waals surface area contributed by atoms with E-state index in [1.807, 2.05) is 0 Å². The lowest BCUT2D eigenvalue weighted by atomic mass is 9.97. The summed E-state index contributed by atoms with van der Waals surface area (Å²) in [6, 6.07) is 0. The second kappa shape index (κ2) is 2.78. The standard InChI is InChI=1S/C10H21N/c1-5-7(2)9-8(6-11)10(9,3)4/h7-9H,5-6,11H2,1-4H3/t7?,8-,9-/m1/s1. The summed E-state index contributed by atoms with van der Waals surface area (Å²) in [6.45, 7) is 10.2. The second-order valence-electron chi connectivity index (χ2n) is 4.57. The third-order valence-corrected chi connectivity index (χ3v) is 3.65. The van der Waals surface area contributed by atoms with Gasteiger partial charge in [0.2, 0.25) is 0 Å². The molecule has 1 unspecified atom stereocenters. The van der Waals surface area contributed by atoms with Gasteiger partial charge in [-0.1, -0.05) is 34.1 Å². The highest BCUT2D eigenvalue weighted by Gasteiger charge is 2.57. The summed E-state index contributed by atoms with van der Waals surface area (Å²) in [6.07, 6.45) is 1.30. The van der Waals surface area contributed by atoms with Crippen LogP contribution in [0.3, 0.4) is 0 Å². The van der Waals surface area contributed by atoms with Gasteiger partial charge < -0.3 is 5.73 Å². The minimum absolute atomic E-state index is 0.532. The van der Waals surface area contributed by atoms with E-state index in [0.717, 1.165) is 24.3 Å². The molecule has 1 saturated carbocycles. The molecule has 1 heteroatoms. The Morgan fingerprint density at radius 1 is 1.45 bits per heavy atom. The minimum atomic E-state index is 0.532. The fraction of sp³-hybridized carbons (Fsp3) is 1.00. The molecule has 0 spiro atoms. The average molecular weight is 155 g/mol. The van der Waals surface area contributed by atoms with Gasteiger partial charge in [0.15, 0.2) is 0 Å². The summed E-state index contributed by atoms with van der Waals surface area (Å²) in [5.74, 6) is 2.54. The summed E-state index contributed by atoms with van der Waals surface area (Å²) in [4.78, 5) is 0. The van der Waals surface area contributed by atoms with Crippen LogP contribution in [0.25, 0.3) is 0 Å². The monoisotopic (exact) mass is 155 g/mol. The van der Waals surface area contributed by atoms with Gasteiger partial charge in [-0.25, -0.2) is 0 Å². The van der Waals surface area contributed by atoms with E-state index in [1.54, 1.807) is 0 Å². The molecular weight excluding hydrogens is 134 g/mol. The van der Waals surface area contributed by atoms with Crippen LogP contribution in [0.5, 0.6) is 0 Å². The van der Waals surface area contributed by atoms with Gasteiger partial charge in [-0.3, -0.25) is 0 Å². The highest BCUT2D eigenvalue weighted by atomic mass is 14.7. The van der Waals surface area contributed by atoms with Crippen molar-refractivity contribution in [1.29, 1.82) is 0 Å². The smallest absolute Gasteiger partial charge is 0.00407 e. The van der Waals surface area contributed by atoms with Gasteiger partial charge in [-0.2, -0.15) is 0 Å². The Kier molecular flexibility index (Phi) is 2.29. The van der Waals surface area contributed by atoms with Gasteiger partial charge in [0.1, 0.15) is 0 Å². The first-order chi connectivity index (χ1) is 5.05. The van der Waals surface area contributed by atoms with E-state index in [4.69, 9.17) is 5.73 Å². The van der Waals surface area contributed by atoms with E-state index in [2.05, 4.69) is 27.7 Å². The normalized spacial score (nSPS) is 36.8. The van der Waals surface area contributed by atoms with E-state index in [-0.39, 0.29) is 0 Å². The zero-order valence-electron chi connectivity index (χ0n) is 8.22. The fourth-order valence-corrected chi connectivity index (χ4v) is 2.62. The molecule has 1 aliphatic carbocycles. The SMILES string of the molecule is CCC(C)[C@@H]1[C@@H](CN)C1(C)C. The van der Waals surface area contributed by atoms with Crippen LogP contribution in [0, 0.1) is 23.2 Å². The predicted molar refractivity (Wildman–Crippen MR) is 49.3 cm³/mol. The molecule has 0 aliphatic heterocycles. The number of rotatable bonds is 3. The molecule has 1 fully saturated rings. The van der Waals surface area contributed by atoms with Gasteiger partial charge in [-0.05, 0) is 29.7 Å². The zero-order chi connectivity index (χ0) is 8.65. The van der Waals surface area contributed by atoms with E-state index in [1.165, 1.54) is 6.42 Å². The van der Waals surface area contributed by atoms with Crippen molar-refractivity contribution in [3.05, 3.63) is 0 Å². The lowest BCUT2D eigenvalue weighted by Gasteiger charge is -2.08. The highest BCUT2D eigenvalue weighted by molar-refractivity contribution is 5.06. The van der Waals surface area contributed by atoms with Crippen LogP contribution in [0.15, 0.2) is 0 Å². The third kappa shape index (κ3) is 1.31. The molecule has 3 atom stereocenters. The Morgan fingerprint density at radius 3 is 2.27 bits per heavy atom. The average Bonchev–Trinajstić information content (AvgIpc) is 2.51. The van der Waals surface area contributed by atoms with Crippen molar-refractivity contribution < 1.29 is 0 Å². The molecule has 0 aromatic rings. The number of hydrogen-bond acceptors (Lipinski definition) is 1. The first kappa shape index (κ1) is 9.05. The van der Waals surface area contributed by atoms with Crippen LogP contribution >= 0.6 is 0 Å². The molecule has 2 N–H and O–H groups in total. The summed E-state index contributed by atoms with van der Waals surface area (Å²) >= 11 is 0. The van der Waals surface area contributed by atoms with Gasteiger partial charge in [0.05, 0.1) is 0 Å². The Labute approximate surface area is 70.4 Å². The summed E-state index contributed by atoms with van der Waals surface area (Å²) in [7, 11) is 0. The quantitative estimate of drug-likeness (QED) is 0.664. The second-order valence-corrected chi connectivity index (χ2v) is 4.57. The predicted octanol–water partition coefficient (Wildman–Crippen LogP) is 2.26. The third-order valence-electron chi connectivity index (χ3n) is 3.65. The molecule has 0 radical (unpaired) electrons. The fourth-order valence-electron chi connectivity index (χ4n) is 2.62. The molecule has 0 bridgehead atoms. The maximum atomic E-state index is 5.69. The van der Waals surface area contributed by atoms with Crippen LogP contribution in [0.1, 0.15) is 34.1 Å². The molecule has 1 aliphatic rings. The molecule has 1 nitrogen and oxygen atoms in total. The van der Waals surface area contributed by atoms with Crippen molar-refractivity contribution >= 4 is 0 Å². The van der Waals surface area contributed by atoms with E-state index < -0.39 is 0 Å². The Morgan fingerprint density at radius 2 is 2.00 bits per heavy atom. The van der Waals surface area contributed by atoms with E-state index in [9.17, 15) is 0 Å². The van der Waals surface area contributed by atoms with Gasteiger partial charge >= 0.3 is 0 Å². The molecule has 0 aromatic heterocycles. The molecule has 11 heavy (non-hydrogen) atoms. The topological polar surface area (TPSA) is 26.0 Å². The molecular formula is C10H21N. The highest BCUT2D eigenvalue weighted by Crippen LogP contribution is 2.61. The van der Waals surface area contributed by atoms with Crippen molar-refractivity contribution in [3.63, 3.8) is 0 Å². The molecule has 0 amide bonds.